The molecule has 0 saturated heterocycles. The number of ketones is 1. The zero-order chi connectivity index (χ0) is 9.94. The van der Waals surface area contributed by atoms with Gasteiger partial charge in [-0.15, -0.1) is 0 Å². The van der Waals surface area contributed by atoms with Gasteiger partial charge in [0.05, 0.1) is 0 Å². The highest BCUT2D eigenvalue weighted by atomic mass is 16.1. The van der Waals surface area contributed by atoms with Crippen LogP contribution < -0.4 is 0 Å². The standard InChI is InChI=1S/C12H22O/c1-3-5-6-7-8-9-10-11-12(13)4-2/h4H,2-3,5-11H2,1H3. The summed E-state index contributed by atoms with van der Waals surface area (Å²) >= 11 is 0. The summed E-state index contributed by atoms with van der Waals surface area (Å²) in [6.07, 6.45) is 11.0. The van der Waals surface area contributed by atoms with Crippen LogP contribution in [0.2, 0.25) is 0 Å². The van der Waals surface area contributed by atoms with E-state index >= 15 is 0 Å². The second-order valence-corrected chi connectivity index (χ2v) is 3.54. The molecule has 0 aromatic heterocycles. The van der Waals surface area contributed by atoms with E-state index in [0.717, 1.165) is 6.42 Å². The largest absolute Gasteiger partial charge is 0.295 e. The van der Waals surface area contributed by atoms with Crippen LogP contribution in [-0.4, -0.2) is 5.78 Å². The molecule has 0 spiro atoms. The molecule has 0 saturated carbocycles. The molecule has 13 heavy (non-hydrogen) atoms. The lowest BCUT2D eigenvalue weighted by Crippen LogP contribution is -1.91. The number of hydrogen-bond donors (Lipinski definition) is 0. The van der Waals surface area contributed by atoms with E-state index in [9.17, 15) is 4.79 Å². The Kier molecular flexibility index (Phi) is 9.07. The maximum atomic E-state index is 10.8. The molecule has 0 aliphatic carbocycles. The number of hydrogen-bond acceptors (Lipinski definition) is 1. The predicted molar refractivity (Wildman–Crippen MR) is 57.8 cm³/mol. The molecular weight excluding hydrogens is 160 g/mol. The van der Waals surface area contributed by atoms with Crippen molar-refractivity contribution in [3.63, 3.8) is 0 Å². The van der Waals surface area contributed by atoms with Crippen molar-refractivity contribution >= 4 is 5.78 Å². The van der Waals surface area contributed by atoms with Crippen LogP contribution in [0.3, 0.4) is 0 Å². The Hall–Kier alpha value is -0.590. The Morgan fingerprint density at radius 3 is 2.15 bits per heavy atom. The van der Waals surface area contributed by atoms with Crippen molar-refractivity contribution in [1.82, 2.24) is 0 Å². The number of unbranched alkanes of at least 4 members (excludes halogenated alkanes) is 6. The molecule has 0 N–H and O–H groups in total. The molecule has 0 rings (SSSR count). The van der Waals surface area contributed by atoms with Crippen molar-refractivity contribution in [2.24, 2.45) is 0 Å². The average molecular weight is 182 g/mol. The maximum absolute atomic E-state index is 10.8. The summed E-state index contributed by atoms with van der Waals surface area (Å²) in [5.74, 6) is 0.188. The summed E-state index contributed by atoms with van der Waals surface area (Å²) in [4.78, 5) is 10.8. The van der Waals surface area contributed by atoms with Crippen molar-refractivity contribution in [2.75, 3.05) is 0 Å². The van der Waals surface area contributed by atoms with Gasteiger partial charge in [-0.2, -0.15) is 0 Å². The minimum absolute atomic E-state index is 0.188. The van der Waals surface area contributed by atoms with Crippen molar-refractivity contribution in [1.29, 1.82) is 0 Å². The monoisotopic (exact) mass is 182 g/mol. The third-order valence-electron chi connectivity index (χ3n) is 2.25. The van der Waals surface area contributed by atoms with Crippen LogP contribution in [0.15, 0.2) is 12.7 Å². The zero-order valence-electron chi connectivity index (χ0n) is 8.85. The third-order valence-corrected chi connectivity index (χ3v) is 2.25. The van der Waals surface area contributed by atoms with Crippen molar-refractivity contribution in [3.8, 4) is 0 Å². The molecule has 0 aromatic rings. The molecule has 0 amide bonds. The van der Waals surface area contributed by atoms with E-state index < -0.39 is 0 Å². The normalized spacial score (nSPS) is 9.92. The minimum atomic E-state index is 0.188. The molecule has 76 valence electrons. The molecule has 0 aliphatic heterocycles. The molecule has 0 bridgehead atoms. The van der Waals surface area contributed by atoms with Gasteiger partial charge in [0.25, 0.3) is 0 Å². The molecule has 1 nitrogen and oxygen atoms in total. The van der Waals surface area contributed by atoms with E-state index in [1.807, 2.05) is 0 Å². The Morgan fingerprint density at radius 2 is 1.62 bits per heavy atom. The van der Waals surface area contributed by atoms with Gasteiger partial charge in [0.2, 0.25) is 0 Å². The van der Waals surface area contributed by atoms with Crippen LogP contribution in [0.5, 0.6) is 0 Å². The molecule has 0 radical (unpaired) electrons. The summed E-state index contributed by atoms with van der Waals surface area (Å²) in [5, 5.41) is 0. The van der Waals surface area contributed by atoms with E-state index in [1.54, 1.807) is 0 Å². The number of allylic oxidation sites excluding steroid dienone is 1. The first-order valence-electron chi connectivity index (χ1n) is 5.46. The average Bonchev–Trinajstić information content (AvgIpc) is 2.16. The lowest BCUT2D eigenvalue weighted by Gasteiger charge is -1.99. The fourth-order valence-corrected chi connectivity index (χ4v) is 1.36. The lowest BCUT2D eigenvalue weighted by molar-refractivity contribution is -0.114. The van der Waals surface area contributed by atoms with Crippen LogP contribution >= 0.6 is 0 Å². The Labute approximate surface area is 82.2 Å². The van der Waals surface area contributed by atoms with E-state index in [2.05, 4.69) is 13.5 Å². The van der Waals surface area contributed by atoms with Gasteiger partial charge in [0.15, 0.2) is 5.78 Å². The van der Waals surface area contributed by atoms with Crippen LogP contribution in [-0.2, 0) is 4.79 Å². The molecule has 0 aromatic carbocycles. The molecule has 1 heteroatoms. The summed E-state index contributed by atoms with van der Waals surface area (Å²) in [7, 11) is 0. The van der Waals surface area contributed by atoms with Crippen molar-refractivity contribution < 1.29 is 4.79 Å². The Balaban J connectivity index is 2.99. The summed E-state index contributed by atoms with van der Waals surface area (Å²) in [6, 6.07) is 0. The minimum Gasteiger partial charge on any atom is -0.295 e. The van der Waals surface area contributed by atoms with Crippen molar-refractivity contribution in [2.45, 2.75) is 58.3 Å². The second-order valence-electron chi connectivity index (χ2n) is 3.54. The van der Waals surface area contributed by atoms with E-state index in [1.165, 1.54) is 44.6 Å². The van der Waals surface area contributed by atoms with Gasteiger partial charge < -0.3 is 0 Å². The summed E-state index contributed by atoms with van der Waals surface area (Å²) < 4.78 is 0. The topological polar surface area (TPSA) is 17.1 Å². The number of carbonyl (C=O) groups is 1. The van der Waals surface area contributed by atoms with Crippen LogP contribution in [0.4, 0.5) is 0 Å². The van der Waals surface area contributed by atoms with E-state index in [-0.39, 0.29) is 5.78 Å². The summed E-state index contributed by atoms with van der Waals surface area (Å²) in [6.45, 7) is 5.68. The first kappa shape index (κ1) is 12.4. The predicted octanol–water partition coefficient (Wildman–Crippen LogP) is 3.88. The van der Waals surface area contributed by atoms with Gasteiger partial charge >= 0.3 is 0 Å². The van der Waals surface area contributed by atoms with Gasteiger partial charge in [0.1, 0.15) is 0 Å². The Bertz CT molecular complexity index is 138. The zero-order valence-corrected chi connectivity index (χ0v) is 8.85. The first-order valence-corrected chi connectivity index (χ1v) is 5.46. The van der Waals surface area contributed by atoms with Gasteiger partial charge in [0, 0.05) is 6.42 Å². The van der Waals surface area contributed by atoms with Crippen LogP contribution in [0.25, 0.3) is 0 Å². The molecule has 0 atom stereocenters. The van der Waals surface area contributed by atoms with E-state index in [4.69, 9.17) is 0 Å². The summed E-state index contributed by atoms with van der Waals surface area (Å²) in [5.41, 5.74) is 0. The first-order chi connectivity index (χ1) is 6.31. The smallest absolute Gasteiger partial charge is 0.155 e. The molecule has 0 fully saturated rings. The van der Waals surface area contributed by atoms with Gasteiger partial charge in [-0.05, 0) is 12.5 Å². The highest BCUT2D eigenvalue weighted by Crippen LogP contribution is 2.08. The highest BCUT2D eigenvalue weighted by Gasteiger charge is 1.95. The molecule has 0 aliphatic rings. The van der Waals surface area contributed by atoms with Gasteiger partial charge in [-0.25, -0.2) is 0 Å². The fourth-order valence-electron chi connectivity index (χ4n) is 1.36. The second kappa shape index (κ2) is 9.50. The molecule has 0 heterocycles. The SMILES string of the molecule is C=CC(=O)CCCCCCCCC. The third kappa shape index (κ3) is 9.32. The quantitative estimate of drug-likeness (QED) is 0.390. The maximum Gasteiger partial charge on any atom is 0.155 e. The molecule has 0 unspecified atom stereocenters. The van der Waals surface area contributed by atoms with Crippen LogP contribution in [0.1, 0.15) is 58.3 Å². The highest BCUT2D eigenvalue weighted by molar-refractivity contribution is 5.88. The van der Waals surface area contributed by atoms with Crippen LogP contribution in [0, 0.1) is 0 Å². The van der Waals surface area contributed by atoms with Gasteiger partial charge in [-0.3, -0.25) is 4.79 Å². The lowest BCUT2D eigenvalue weighted by atomic mass is 10.1. The number of rotatable bonds is 9. The van der Waals surface area contributed by atoms with Crippen molar-refractivity contribution in [3.05, 3.63) is 12.7 Å². The van der Waals surface area contributed by atoms with Gasteiger partial charge in [-0.1, -0.05) is 52.0 Å². The number of carbonyl (C=O) groups excluding carboxylic acids is 1. The fraction of sp³-hybridized carbons (Fsp3) is 0.750. The Morgan fingerprint density at radius 1 is 1.08 bits per heavy atom. The van der Waals surface area contributed by atoms with E-state index in [0.29, 0.717) is 6.42 Å². The molecular formula is C12H22O.